The highest BCUT2D eigenvalue weighted by Crippen LogP contribution is 2.28. The molecule has 2 aromatic carbocycles. The van der Waals surface area contributed by atoms with Crippen molar-refractivity contribution in [1.82, 2.24) is 0 Å². The predicted molar refractivity (Wildman–Crippen MR) is 76.1 cm³/mol. The summed E-state index contributed by atoms with van der Waals surface area (Å²) in [4.78, 5) is 0. The van der Waals surface area contributed by atoms with E-state index in [1.165, 1.54) is 18.2 Å². The van der Waals surface area contributed by atoms with Crippen LogP contribution in [0.3, 0.4) is 0 Å². The SMILES string of the molecule is COc1ccc(Br)c(NCc2cc(F)ccc2O)c1. The van der Waals surface area contributed by atoms with Crippen LogP contribution in [0.25, 0.3) is 0 Å². The zero-order valence-corrected chi connectivity index (χ0v) is 11.9. The van der Waals surface area contributed by atoms with Crippen LogP contribution in [0, 0.1) is 5.82 Å². The summed E-state index contributed by atoms with van der Waals surface area (Å²) in [5.74, 6) is 0.404. The number of ether oxygens (including phenoxy) is 1. The molecule has 0 aliphatic carbocycles. The fraction of sp³-hybridized carbons (Fsp3) is 0.143. The molecule has 0 heterocycles. The molecule has 0 radical (unpaired) electrons. The Labute approximate surface area is 119 Å². The average Bonchev–Trinajstić information content (AvgIpc) is 2.41. The largest absolute Gasteiger partial charge is 0.508 e. The van der Waals surface area contributed by atoms with Crippen LogP contribution in [0.2, 0.25) is 0 Å². The Morgan fingerprint density at radius 1 is 1.26 bits per heavy atom. The molecular weight excluding hydrogens is 313 g/mol. The van der Waals surface area contributed by atoms with Crippen molar-refractivity contribution in [3.63, 3.8) is 0 Å². The van der Waals surface area contributed by atoms with Gasteiger partial charge in [-0.1, -0.05) is 0 Å². The van der Waals surface area contributed by atoms with E-state index in [1.807, 2.05) is 18.2 Å². The van der Waals surface area contributed by atoms with E-state index in [0.29, 0.717) is 17.9 Å². The molecule has 2 N–H and O–H groups in total. The quantitative estimate of drug-likeness (QED) is 0.895. The van der Waals surface area contributed by atoms with Gasteiger partial charge in [-0.3, -0.25) is 0 Å². The van der Waals surface area contributed by atoms with E-state index in [4.69, 9.17) is 4.74 Å². The van der Waals surface area contributed by atoms with Crippen molar-refractivity contribution in [2.45, 2.75) is 6.54 Å². The van der Waals surface area contributed by atoms with Crippen LogP contribution < -0.4 is 10.1 Å². The van der Waals surface area contributed by atoms with E-state index in [1.54, 1.807) is 7.11 Å². The molecule has 2 aromatic rings. The molecule has 0 unspecified atom stereocenters. The van der Waals surface area contributed by atoms with Crippen molar-refractivity contribution in [2.24, 2.45) is 0 Å². The number of anilines is 1. The van der Waals surface area contributed by atoms with Crippen molar-refractivity contribution < 1.29 is 14.2 Å². The van der Waals surface area contributed by atoms with Crippen LogP contribution in [0.1, 0.15) is 5.56 Å². The van der Waals surface area contributed by atoms with Crippen molar-refractivity contribution in [2.75, 3.05) is 12.4 Å². The van der Waals surface area contributed by atoms with Gasteiger partial charge < -0.3 is 15.2 Å². The predicted octanol–water partition coefficient (Wildman–Crippen LogP) is 3.91. The minimum Gasteiger partial charge on any atom is -0.508 e. The molecule has 0 saturated carbocycles. The third kappa shape index (κ3) is 3.38. The van der Waals surface area contributed by atoms with Gasteiger partial charge in [-0.15, -0.1) is 0 Å². The Hall–Kier alpha value is -1.75. The normalized spacial score (nSPS) is 10.3. The molecule has 5 heteroatoms. The molecule has 0 aliphatic rings. The first kappa shape index (κ1) is 13.7. The summed E-state index contributed by atoms with van der Waals surface area (Å²) in [5, 5.41) is 12.8. The van der Waals surface area contributed by atoms with Gasteiger partial charge in [-0.2, -0.15) is 0 Å². The maximum atomic E-state index is 13.1. The molecule has 0 aliphatic heterocycles. The van der Waals surface area contributed by atoms with Crippen LogP contribution in [-0.2, 0) is 6.54 Å². The Kier molecular flexibility index (Phi) is 4.27. The number of phenols is 1. The number of methoxy groups -OCH3 is 1. The lowest BCUT2D eigenvalue weighted by atomic mass is 10.2. The standard InChI is InChI=1S/C14H13BrFNO2/c1-19-11-3-4-12(15)13(7-11)17-8-9-6-10(16)2-5-14(9)18/h2-7,17-18H,8H2,1H3. The first-order chi connectivity index (χ1) is 9.10. The molecular formula is C14H13BrFNO2. The van der Waals surface area contributed by atoms with Gasteiger partial charge in [0.2, 0.25) is 0 Å². The number of aromatic hydroxyl groups is 1. The fourth-order valence-electron chi connectivity index (χ4n) is 1.65. The second-order valence-electron chi connectivity index (χ2n) is 3.97. The molecule has 0 saturated heterocycles. The minimum absolute atomic E-state index is 0.0629. The van der Waals surface area contributed by atoms with Crippen LogP contribution in [-0.4, -0.2) is 12.2 Å². The second kappa shape index (κ2) is 5.93. The van der Waals surface area contributed by atoms with Gasteiger partial charge in [-0.25, -0.2) is 4.39 Å². The molecule has 0 aromatic heterocycles. The highest BCUT2D eigenvalue weighted by atomic mass is 79.9. The van der Waals surface area contributed by atoms with Crippen molar-refractivity contribution in [1.29, 1.82) is 0 Å². The average molecular weight is 326 g/mol. The van der Waals surface area contributed by atoms with Crippen LogP contribution in [0.15, 0.2) is 40.9 Å². The molecule has 0 fully saturated rings. The lowest BCUT2D eigenvalue weighted by Gasteiger charge is -2.11. The van der Waals surface area contributed by atoms with Gasteiger partial charge in [0, 0.05) is 22.6 Å². The van der Waals surface area contributed by atoms with Gasteiger partial charge in [0.15, 0.2) is 0 Å². The number of hydrogen-bond acceptors (Lipinski definition) is 3. The van der Waals surface area contributed by atoms with Gasteiger partial charge in [0.25, 0.3) is 0 Å². The topological polar surface area (TPSA) is 41.5 Å². The highest BCUT2D eigenvalue weighted by molar-refractivity contribution is 9.10. The van der Waals surface area contributed by atoms with Crippen LogP contribution in [0.5, 0.6) is 11.5 Å². The Morgan fingerprint density at radius 3 is 2.79 bits per heavy atom. The second-order valence-corrected chi connectivity index (χ2v) is 4.83. The van der Waals surface area contributed by atoms with Gasteiger partial charge in [-0.05, 0) is 46.3 Å². The summed E-state index contributed by atoms with van der Waals surface area (Å²) in [6.07, 6.45) is 0. The first-order valence-corrected chi connectivity index (χ1v) is 6.44. The number of halogens is 2. The Balaban J connectivity index is 2.16. The Bertz CT molecular complexity index is 590. The monoisotopic (exact) mass is 325 g/mol. The lowest BCUT2D eigenvalue weighted by molar-refractivity contribution is 0.415. The maximum absolute atomic E-state index is 13.1. The van der Waals surface area contributed by atoms with Crippen molar-refractivity contribution in [3.05, 3.63) is 52.3 Å². The molecule has 100 valence electrons. The number of benzene rings is 2. The first-order valence-electron chi connectivity index (χ1n) is 5.65. The van der Waals surface area contributed by atoms with Gasteiger partial charge >= 0.3 is 0 Å². The summed E-state index contributed by atoms with van der Waals surface area (Å²) in [6, 6.07) is 9.37. The van der Waals surface area contributed by atoms with Crippen molar-refractivity contribution >= 4 is 21.6 Å². The van der Waals surface area contributed by atoms with Gasteiger partial charge in [0.1, 0.15) is 17.3 Å². The molecule has 3 nitrogen and oxygen atoms in total. The molecule has 0 spiro atoms. The molecule has 19 heavy (non-hydrogen) atoms. The van der Waals surface area contributed by atoms with Crippen LogP contribution >= 0.6 is 15.9 Å². The summed E-state index contributed by atoms with van der Waals surface area (Å²) in [7, 11) is 1.59. The zero-order chi connectivity index (χ0) is 13.8. The summed E-state index contributed by atoms with van der Waals surface area (Å²) in [6.45, 7) is 0.315. The number of rotatable bonds is 4. The highest BCUT2D eigenvalue weighted by Gasteiger charge is 2.05. The van der Waals surface area contributed by atoms with E-state index in [9.17, 15) is 9.50 Å². The zero-order valence-electron chi connectivity index (χ0n) is 10.3. The minimum atomic E-state index is -0.376. The van der Waals surface area contributed by atoms with E-state index >= 15 is 0 Å². The maximum Gasteiger partial charge on any atom is 0.123 e. The van der Waals surface area contributed by atoms with E-state index in [0.717, 1.165) is 10.2 Å². The van der Waals surface area contributed by atoms with E-state index < -0.39 is 0 Å². The van der Waals surface area contributed by atoms with E-state index in [-0.39, 0.29) is 11.6 Å². The number of hydrogen-bond donors (Lipinski definition) is 2. The van der Waals surface area contributed by atoms with Crippen LogP contribution in [0.4, 0.5) is 10.1 Å². The summed E-state index contributed by atoms with van der Waals surface area (Å²) >= 11 is 3.41. The molecule has 0 atom stereocenters. The summed E-state index contributed by atoms with van der Waals surface area (Å²) in [5.41, 5.74) is 1.30. The third-order valence-electron chi connectivity index (χ3n) is 2.68. The van der Waals surface area contributed by atoms with Crippen molar-refractivity contribution in [3.8, 4) is 11.5 Å². The lowest BCUT2D eigenvalue weighted by Crippen LogP contribution is -2.01. The smallest absolute Gasteiger partial charge is 0.123 e. The molecule has 0 bridgehead atoms. The van der Waals surface area contributed by atoms with Gasteiger partial charge in [0.05, 0.1) is 12.8 Å². The Morgan fingerprint density at radius 2 is 2.05 bits per heavy atom. The molecule has 2 rings (SSSR count). The number of phenolic OH excluding ortho intramolecular Hbond substituents is 1. The molecule has 0 amide bonds. The number of nitrogens with one attached hydrogen (secondary N) is 1. The fourth-order valence-corrected chi connectivity index (χ4v) is 2.04. The van der Waals surface area contributed by atoms with E-state index in [2.05, 4.69) is 21.2 Å². The summed E-state index contributed by atoms with van der Waals surface area (Å²) < 4.78 is 19.1. The third-order valence-corrected chi connectivity index (χ3v) is 3.38.